The second kappa shape index (κ2) is 6.66. The van der Waals surface area contributed by atoms with Crippen LogP contribution in [0.4, 0.5) is 0 Å². The average molecular weight is 240 g/mol. The van der Waals surface area contributed by atoms with Crippen molar-refractivity contribution in [3.05, 3.63) is 22.4 Å². The summed E-state index contributed by atoms with van der Waals surface area (Å²) in [5.41, 5.74) is 1.17. The molecule has 4 heteroatoms. The lowest BCUT2D eigenvalue weighted by Gasteiger charge is -2.15. The van der Waals surface area contributed by atoms with E-state index in [0.29, 0.717) is 12.6 Å². The van der Waals surface area contributed by atoms with E-state index in [9.17, 15) is 4.79 Å². The zero-order chi connectivity index (χ0) is 12.0. The van der Waals surface area contributed by atoms with E-state index < -0.39 is 0 Å². The van der Waals surface area contributed by atoms with Crippen LogP contribution in [-0.2, 0) is 4.79 Å². The van der Waals surface area contributed by atoms with Gasteiger partial charge in [-0.05, 0) is 42.7 Å². The van der Waals surface area contributed by atoms with Crippen LogP contribution in [0.25, 0.3) is 0 Å². The fourth-order valence-electron chi connectivity index (χ4n) is 1.31. The molecule has 2 atom stereocenters. The monoisotopic (exact) mass is 240 g/mol. The van der Waals surface area contributed by atoms with E-state index in [1.165, 1.54) is 5.56 Å². The van der Waals surface area contributed by atoms with Gasteiger partial charge in [0, 0.05) is 6.04 Å². The lowest BCUT2D eigenvalue weighted by molar-refractivity contribution is -0.121. The number of rotatable bonds is 6. The van der Waals surface area contributed by atoms with Gasteiger partial charge in [0.25, 0.3) is 0 Å². The molecule has 0 aliphatic carbocycles. The third-order valence-corrected chi connectivity index (χ3v) is 3.35. The first-order valence-corrected chi connectivity index (χ1v) is 6.62. The molecule has 0 radical (unpaired) electrons. The highest BCUT2D eigenvalue weighted by atomic mass is 32.1. The normalized spacial score (nSPS) is 14.4. The van der Waals surface area contributed by atoms with E-state index in [1.54, 1.807) is 11.3 Å². The first-order valence-electron chi connectivity index (χ1n) is 5.68. The van der Waals surface area contributed by atoms with Crippen molar-refractivity contribution in [2.45, 2.75) is 39.3 Å². The van der Waals surface area contributed by atoms with Crippen LogP contribution in [0, 0.1) is 0 Å². The van der Waals surface area contributed by atoms with Crippen molar-refractivity contribution in [2.24, 2.45) is 0 Å². The Hall–Kier alpha value is -0.870. The second-order valence-corrected chi connectivity index (χ2v) is 4.82. The highest BCUT2D eigenvalue weighted by Crippen LogP contribution is 2.14. The molecule has 0 spiro atoms. The van der Waals surface area contributed by atoms with Crippen LogP contribution >= 0.6 is 11.3 Å². The molecule has 0 saturated carbocycles. The van der Waals surface area contributed by atoms with E-state index in [2.05, 4.69) is 29.9 Å². The van der Waals surface area contributed by atoms with Crippen LogP contribution in [0.15, 0.2) is 16.8 Å². The molecule has 1 amide bonds. The molecule has 16 heavy (non-hydrogen) atoms. The van der Waals surface area contributed by atoms with Gasteiger partial charge in [0.15, 0.2) is 0 Å². The van der Waals surface area contributed by atoms with Gasteiger partial charge in [0.05, 0.1) is 12.6 Å². The first kappa shape index (κ1) is 13.2. The minimum absolute atomic E-state index is 0.0546. The van der Waals surface area contributed by atoms with Crippen LogP contribution < -0.4 is 10.6 Å². The highest BCUT2D eigenvalue weighted by Gasteiger charge is 2.09. The van der Waals surface area contributed by atoms with E-state index >= 15 is 0 Å². The largest absolute Gasteiger partial charge is 0.348 e. The molecule has 3 nitrogen and oxygen atoms in total. The maximum Gasteiger partial charge on any atom is 0.234 e. The molecule has 2 N–H and O–H groups in total. The minimum Gasteiger partial charge on any atom is -0.348 e. The van der Waals surface area contributed by atoms with Crippen LogP contribution in [-0.4, -0.2) is 18.5 Å². The topological polar surface area (TPSA) is 41.1 Å². The average Bonchev–Trinajstić information content (AvgIpc) is 2.79. The summed E-state index contributed by atoms with van der Waals surface area (Å²) >= 11 is 1.65. The molecule has 0 aliphatic heterocycles. The van der Waals surface area contributed by atoms with Gasteiger partial charge < -0.3 is 10.6 Å². The summed E-state index contributed by atoms with van der Waals surface area (Å²) in [5, 5.41) is 10.2. The van der Waals surface area contributed by atoms with E-state index in [4.69, 9.17) is 0 Å². The van der Waals surface area contributed by atoms with Gasteiger partial charge in [0.2, 0.25) is 5.91 Å². The summed E-state index contributed by atoms with van der Waals surface area (Å²) in [5.74, 6) is 0.0546. The van der Waals surface area contributed by atoms with Crippen LogP contribution in [0.5, 0.6) is 0 Å². The summed E-state index contributed by atoms with van der Waals surface area (Å²) < 4.78 is 0. The zero-order valence-electron chi connectivity index (χ0n) is 10.1. The smallest absolute Gasteiger partial charge is 0.234 e. The molecule has 0 aliphatic rings. The van der Waals surface area contributed by atoms with Gasteiger partial charge in [-0.2, -0.15) is 11.3 Å². The Kier molecular flexibility index (Phi) is 5.49. The number of hydrogen-bond donors (Lipinski definition) is 2. The van der Waals surface area contributed by atoms with Crippen molar-refractivity contribution in [3.8, 4) is 0 Å². The molecule has 0 aromatic carbocycles. The maximum atomic E-state index is 11.6. The van der Waals surface area contributed by atoms with Crippen LogP contribution in [0.3, 0.4) is 0 Å². The molecule has 1 aromatic heterocycles. The first-order chi connectivity index (χ1) is 7.63. The fourth-order valence-corrected chi connectivity index (χ4v) is 2.06. The molecule has 1 rings (SSSR count). The zero-order valence-corrected chi connectivity index (χ0v) is 10.9. The Balaban J connectivity index is 2.29. The molecular formula is C12H20N2OS. The van der Waals surface area contributed by atoms with Gasteiger partial charge >= 0.3 is 0 Å². The molecule has 2 unspecified atom stereocenters. The predicted octanol–water partition coefficient (Wildman–Crippen LogP) is 2.31. The Labute approximate surface area is 101 Å². The molecule has 1 aromatic rings. The number of nitrogens with one attached hydrogen (secondary N) is 2. The summed E-state index contributed by atoms with van der Waals surface area (Å²) in [4.78, 5) is 11.6. The van der Waals surface area contributed by atoms with E-state index in [1.807, 2.05) is 18.4 Å². The SMILES string of the molecule is CCC(C)NCC(=O)NC(C)c1ccsc1. The van der Waals surface area contributed by atoms with Gasteiger partial charge in [0.1, 0.15) is 0 Å². The van der Waals surface area contributed by atoms with Gasteiger partial charge in [-0.25, -0.2) is 0 Å². The highest BCUT2D eigenvalue weighted by molar-refractivity contribution is 7.07. The van der Waals surface area contributed by atoms with Crippen LogP contribution in [0.2, 0.25) is 0 Å². The summed E-state index contributed by atoms with van der Waals surface area (Å²) in [6.45, 7) is 6.58. The number of carbonyl (C=O) groups is 1. The third-order valence-electron chi connectivity index (χ3n) is 2.64. The molecule has 0 bridgehead atoms. The Bertz CT molecular complexity index is 311. The third kappa shape index (κ3) is 4.33. The standard InChI is InChI=1S/C12H20N2OS/c1-4-9(2)13-7-12(15)14-10(3)11-5-6-16-8-11/h5-6,8-10,13H,4,7H2,1-3H3,(H,14,15). The number of hydrogen-bond acceptors (Lipinski definition) is 3. The molecule has 1 heterocycles. The Morgan fingerprint density at radius 3 is 2.81 bits per heavy atom. The number of amides is 1. The summed E-state index contributed by atoms with van der Waals surface area (Å²) in [7, 11) is 0. The van der Waals surface area contributed by atoms with E-state index in [0.717, 1.165) is 6.42 Å². The second-order valence-electron chi connectivity index (χ2n) is 4.04. The minimum atomic E-state index is 0.0546. The van der Waals surface area contributed by atoms with Gasteiger partial charge in [-0.3, -0.25) is 4.79 Å². The molecule has 90 valence electrons. The molecule has 0 saturated heterocycles. The number of carbonyl (C=O) groups excluding carboxylic acids is 1. The lowest BCUT2D eigenvalue weighted by Crippen LogP contribution is -2.38. The van der Waals surface area contributed by atoms with Gasteiger partial charge in [-0.1, -0.05) is 6.92 Å². The maximum absolute atomic E-state index is 11.6. The fraction of sp³-hybridized carbons (Fsp3) is 0.583. The quantitative estimate of drug-likeness (QED) is 0.801. The molecular weight excluding hydrogens is 220 g/mol. The Morgan fingerprint density at radius 2 is 2.25 bits per heavy atom. The van der Waals surface area contributed by atoms with Crippen molar-refractivity contribution >= 4 is 17.2 Å². The molecule has 0 fully saturated rings. The van der Waals surface area contributed by atoms with Gasteiger partial charge in [-0.15, -0.1) is 0 Å². The van der Waals surface area contributed by atoms with Crippen molar-refractivity contribution in [2.75, 3.05) is 6.54 Å². The van der Waals surface area contributed by atoms with Crippen LogP contribution in [0.1, 0.15) is 38.8 Å². The number of thiophene rings is 1. The van der Waals surface area contributed by atoms with Crippen molar-refractivity contribution < 1.29 is 4.79 Å². The van der Waals surface area contributed by atoms with Crippen molar-refractivity contribution in [1.29, 1.82) is 0 Å². The van der Waals surface area contributed by atoms with Crippen molar-refractivity contribution in [3.63, 3.8) is 0 Å². The lowest BCUT2D eigenvalue weighted by atomic mass is 10.2. The summed E-state index contributed by atoms with van der Waals surface area (Å²) in [6.07, 6.45) is 1.04. The van der Waals surface area contributed by atoms with E-state index in [-0.39, 0.29) is 11.9 Å². The van der Waals surface area contributed by atoms with Crippen molar-refractivity contribution in [1.82, 2.24) is 10.6 Å². The summed E-state index contributed by atoms with van der Waals surface area (Å²) in [6, 6.07) is 2.53. The predicted molar refractivity (Wildman–Crippen MR) is 68.6 cm³/mol. The Morgan fingerprint density at radius 1 is 1.50 bits per heavy atom.